The van der Waals surface area contributed by atoms with Crippen LogP contribution >= 0.6 is 0 Å². The van der Waals surface area contributed by atoms with E-state index in [1.165, 1.54) is 0 Å². The SMILES string of the molecule is CCNC(=NCc1ccc(CN(C)C(=O)OC(C)(C)C)cc1)NCCCCn1cnnc1. The molecule has 2 aromatic rings. The van der Waals surface area contributed by atoms with Crippen LogP contribution in [0.3, 0.4) is 0 Å². The Labute approximate surface area is 191 Å². The van der Waals surface area contributed by atoms with Gasteiger partial charge in [0.15, 0.2) is 5.96 Å². The number of hydrogen-bond acceptors (Lipinski definition) is 5. The molecule has 0 radical (unpaired) electrons. The lowest BCUT2D eigenvalue weighted by Gasteiger charge is -2.24. The zero-order valence-electron chi connectivity index (χ0n) is 20.0. The second kappa shape index (κ2) is 12.7. The van der Waals surface area contributed by atoms with Gasteiger partial charge in [0.25, 0.3) is 0 Å². The highest BCUT2D eigenvalue weighted by Gasteiger charge is 2.19. The first-order valence-electron chi connectivity index (χ1n) is 11.1. The van der Waals surface area contributed by atoms with Gasteiger partial charge >= 0.3 is 6.09 Å². The van der Waals surface area contributed by atoms with E-state index in [1.54, 1.807) is 24.6 Å². The zero-order chi connectivity index (χ0) is 23.4. The Kier molecular flexibility index (Phi) is 9.97. The van der Waals surface area contributed by atoms with E-state index in [0.717, 1.165) is 49.6 Å². The number of rotatable bonds is 10. The Morgan fingerprint density at radius 1 is 1.09 bits per heavy atom. The highest BCUT2D eigenvalue weighted by Crippen LogP contribution is 2.12. The molecule has 0 saturated heterocycles. The Morgan fingerprint density at radius 3 is 2.38 bits per heavy atom. The van der Waals surface area contributed by atoms with Crippen LogP contribution in [0.15, 0.2) is 41.9 Å². The lowest BCUT2D eigenvalue weighted by atomic mass is 10.1. The molecule has 0 aliphatic carbocycles. The summed E-state index contributed by atoms with van der Waals surface area (Å²) in [4.78, 5) is 18.4. The molecule has 0 bridgehead atoms. The topological polar surface area (TPSA) is 96.7 Å². The molecule has 0 saturated carbocycles. The second-order valence-electron chi connectivity index (χ2n) is 8.68. The molecule has 0 aliphatic rings. The van der Waals surface area contributed by atoms with Gasteiger partial charge in [0.2, 0.25) is 0 Å². The number of amides is 1. The van der Waals surface area contributed by atoms with Crippen molar-refractivity contribution in [2.24, 2.45) is 4.99 Å². The monoisotopic (exact) mass is 443 g/mol. The van der Waals surface area contributed by atoms with Crippen LogP contribution in [0.5, 0.6) is 0 Å². The molecule has 9 heteroatoms. The molecule has 1 aromatic carbocycles. The number of hydrogen-bond donors (Lipinski definition) is 2. The van der Waals surface area contributed by atoms with Gasteiger partial charge in [-0.2, -0.15) is 0 Å². The van der Waals surface area contributed by atoms with Gasteiger partial charge in [-0.3, -0.25) is 0 Å². The van der Waals surface area contributed by atoms with Gasteiger partial charge in [0.1, 0.15) is 18.3 Å². The predicted octanol–water partition coefficient (Wildman–Crippen LogP) is 3.18. The van der Waals surface area contributed by atoms with Crippen molar-refractivity contribution in [3.05, 3.63) is 48.0 Å². The molecule has 2 N–H and O–H groups in total. The maximum absolute atomic E-state index is 12.1. The quantitative estimate of drug-likeness (QED) is 0.333. The van der Waals surface area contributed by atoms with Crippen molar-refractivity contribution in [1.82, 2.24) is 30.3 Å². The fourth-order valence-corrected chi connectivity index (χ4v) is 2.90. The molecule has 0 aliphatic heterocycles. The van der Waals surface area contributed by atoms with E-state index in [1.807, 2.05) is 49.6 Å². The first kappa shape index (κ1) is 25.2. The van der Waals surface area contributed by atoms with Crippen LogP contribution in [-0.4, -0.2) is 57.5 Å². The number of ether oxygens (including phenoxy) is 1. The number of carbonyl (C=O) groups is 1. The second-order valence-corrected chi connectivity index (χ2v) is 8.68. The average Bonchev–Trinajstić information content (AvgIpc) is 3.25. The molecular formula is C23H37N7O2. The van der Waals surface area contributed by atoms with Gasteiger partial charge in [-0.05, 0) is 51.7 Å². The van der Waals surface area contributed by atoms with Crippen LogP contribution in [0.2, 0.25) is 0 Å². The molecule has 32 heavy (non-hydrogen) atoms. The fraction of sp³-hybridized carbons (Fsp3) is 0.565. The van der Waals surface area contributed by atoms with Gasteiger partial charge in [-0.1, -0.05) is 24.3 Å². The van der Waals surface area contributed by atoms with Crippen molar-refractivity contribution in [3.8, 4) is 0 Å². The van der Waals surface area contributed by atoms with Crippen molar-refractivity contribution in [2.75, 3.05) is 20.1 Å². The molecule has 1 heterocycles. The molecule has 9 nitrogen and oxygen atoms in total. The number of nitrogens with one attached hydrogen (secondary N) is 2. The molecule has 0 unspecified atom stereocenters. The molecule has 1 aromatic heterocycles. The summed E-state index contributed by atoms with van der Waals surface area (Å²) in [6.45, 7) is 11.3. The Bertz CT molecular complexity index is 827. The minimum absolute atomic E-state index is 0.325. The predicted molar refractivity (Wildman–Crippen MR) is 126 cm³/mol. The van der Waals surface area contributed by atoms with Crippen LogP contribution in [0.4, 0.5) is 4.79 Å². The standard InChI is InChI=1S/C23H37N7O2/c1-6-24-21(25-13-7-8-14-30-17-27-28-18-30)26-15-19-9-11-20(12-10-19)16-29(5)22(31)32-23(2,3)4/h9-12,17-18H,6-8,13-16H2,1-5H3,(H2,24,25,26). The van der Waals surface area contributed by atoms with E-state index >= 15 is 0 Å². The molecule has 1 amide bonds. The Hall–Kier alpha value is -3.10. The van der Waals surface area contributed by atoms with Crippen LogP contribution in [0.1, 0.15) is 51.7 Å². The number of nitrogens with zero attached hydrogens (tertiary/aromatic N) is 5. The van der Waals surface area contributed by atoms with Crippen LogP contribution < -0.4 is 10.6 Å². The number of aromatic nitrogens is 3. The van der Waals surface area contributed by atoms with E-state index in [2.05, 4.69) is 32.7 Å². The van der Waals surface area contributed by atoms with E-state index < -0.39 is 5.60 Å². The normalized spacial score (nSPS) is 11.8. The van der Waals surface area contributed by atoms with Crippen molar-refractivity contribution in [1.29, 1.82) is 0 Å². The number of benzene rings is 1. The highest BCUT2D eigenvalue weighted by atomic mass is 16.6. The lowest BCUT2D eigenvalue weighted by molar-refractivity contribution is 0.0285. The van der Waals surface area contributed by atoms with E-state index in [0.29, 0.717) is 13.1 Å². The highest BCUT2D eigenvalue weighted by molar-refractivity contribution is 5.79. The number of guanidine groups is 1. The maximum atomic E-state index is 12.1. The van der Waals surface area contributed by atoms with Gasteiger partial charge in [0.05, 0.1) is 6.54 Å². The first-order chi connectivity index (χ1) is 15.3. The van der Waals surface area contributed by atoms with Crippen molar-refractivity contribution in [2.45, 2.75) is 65.8 Å². The first-order valence-corrected chi connectivity index (χ1v) is 11.1. The summed E-state index contributed by atoms with van der Waals surface area (Å²) >= 11 is 0. The lowest BCUT2D eigenvalue weighted by Crippen LogP contribution is -2.37. The maximum Gasteiger partial charge on any atom is 0.410 e. The summed E-state index contributed by atoms with van der Waals surface area (Å²) in [7, 11) is 1.74. The summed E-state index contributed by atoms with van der Waals surface area (Å²) in [5, 5.41) is 14.3. The van der Waals surface area contributed by atoms with Crippen molar-refractivity contribution in [3.63, 3.8) is 0 Å². The van der Waals surface area contributed by atoms with Crippen molar-refractivity contribution < 1.29 is 9.53 Å². The molecule has 0 atom stereocenters. The van der Waals surface area contributed by atoms with Gasteiger partial charge < -0.3 is 24.8 Å². The fourth-order valence-electron chi connectivity index (χ4n) is 2.90. The molecule has 0 spiro atoms. The van der Waals surface area contributed by atoms with Crippen LogP contribution in [0, 0.1) is 0 Å². The summed E-state index contributed by atoms with van der Waals surface area (Å²) < 4.78 is 7.38. The average molecular weight is 444 g/mol. The van der Waals surface area contributed by atoms with Gasteiger partial charge in [-0.15, -0.1) is 10.2 Å². The third kappa shape index (κ3) is 9.80. The molecule has 176 valence electrons. The van der Waals surface area contributed by atoms with E-state index in [4.69, 9.17) is 4.74 Å². The number of aryl methyl sites for hydroxylation is 1. The zero-order valence-corrected chi connectivity index (χ0v) is 20.0. The summed E-state index contributed by atoms with van der Waals surface area (Å²) in [5.74, 6) is 0.811. The van der Waals surface area contributed by atoms with E-state index in [9.17, 15) is 4.79 Å². The summed E-state index contributed by atoms with van der Waals surface area (Å²) in [6, 6.07) is 8.14. The minimum Gasteiger partial charge on any atom is -0.444 e. The van der Waals surface area contributed by atoms with Gasteiger partial charge in [-0.25, -0.2) is 9.79 Å². The number of carbonyl (C=O) groups excluding carboxylic acids is 1. The molecular weight excluding hydrogens is 406 g/mol. The van der Waals surface area contributed by atoms with Crippen LogP contribution in [-0.2, 0) is 24.4 Å². The summed E-state index contributed by atoms with van der Waals surface area (Å²) in [5.41, 5.74) is 1.66. The number of aliphatic imine (C=N–C) groups is 1. The third-order valence-electron chi connectivity index (χ3n) is 4.51. The minimum atomic E-state index is -0.497. The Balaban J connectivity index is 1.78. The third-order valence-corrected chi connectivity index (χ3v) is 4.51. The molecule has 2 rings (SSSR count). The smallest absolute Gasteiger partial charge is 0.410 e. The van der Waals surface area contributed by atoms with Crippen LogP contribution in [0.25, 0.3) is 0 Å². The van der Waals surface area contributed by atoms with Crippen molar-refractivity contribution >= 4 is 12.1 Å². The van der Waals surface area contributed by atoms with E-state index in [-0.39, 0.29) is 6.09 Å². The Morgan fingerprint density at radius 2 is 1.75 bits per heavy atom. The largest absolute Gasteiger partial charge is 0.444 e. The number of unbranched alkanes of at least 4 members (excludes halogenated alkanes) is 1. The molecule has 0 fully saturated rings. The summed E-state index contributed by atoms with van der Waals surface area (Å²) in [6.07, 6.45) is 5.22. The van der Waals surface area contributed by atoms with Gasteiger partial charge in [0, 0.05) is 33.2 Å².